The summed E-state index contributed by atoms with van der Waals surface area (Å²) in [7, 11) is 0. The Hall–Kier alpha value is -1.22. The van der Waals surface area contributed by atoms with E-state index in [4.69, 9.17) is 4.74 Å². The number of ether oxygens (including phenoxy) is 1. The van der Waals surface area contributed by atoms with E-state index < -0.39 is 11.6 Å². The van der Waals surface area contributed by atoms with Crippen LogP contribution in [0.25, 0.3) is 0 Å². The van der Waals surface area contributed by atoms with Crippen LogP contribution in [0, 0.1) is 11.6 Å². The minimum absolute atomic E-state index is 0.308. The van der Waals surface area contributed by atoms with E-state index in [0.717, 1.165) is 24.1 Å². The summed E-state index contributed by atoms with van der Waals surface area (Å²) < 4.78 is 31.7. The van der Waals surface area contributed by atoms with E-state index in [-0.39, 0.29) is 6.10 Å². The summed E-state index contributed by atoms with van der Waals surface area (Å²) in [6.07, 6.45) is 1.13. The molecule has 1 aromatic carbocycles. The minimum Gasteiger partial charge on any atom is -0.369 e. The lowest BCUT2D eigenvalue weighted by Crippen LogP contribution is -2.14. The van der Waals surface area contributed by atoms with Crippen molar-refractivity contribution >= 4 is 0 Å². The van der Waals surface area contributed by atoms with E-state index in [1.807, 2.05) is 0 Å². The smallest absolute Gasteiger partial charge is 0.129 e. The second kappa shape index (κ2) is 4.11. The van der Waals surface area contributed by atoms with Gasteiger partial charge in [0.25, 0.3) is 0 Å². The molecule has 0 radical (unpaired) electrons. The molecular formula is C12H12F2O. The van der Waals surface area contributed by atoms with Crippen LogP contribution in [0.15, 0.2) is 30.4 Å². The van der Waals surface area contributed by atoms with E-state index in [0.29, 0.717) is 18.6 Å². The first-order chi connectivity index (χ1) is 7.16. The molecule has 80 valence electrons. The highest BCUT2D eigenvalue weighted by Crippen LogP contribution is 2.31. The highest BCUT2D eigenvalue weighted by atomic mass is 19.1. The van der Waals surface area contributed by atoms with Gasteiger partial charge in [-0.25, -0.2) is 8.78 Å². The van der Waals surface area contributed by atoms with Crippen molar-refractivity contribution in [1.29, 1.82) is 0 Å². The fourth-order valence-electron chi connectivity index (χ4n) is 1.72. The molecule has 1 atom stereocenters. The molecule has 2 rings (SSSR count). The molecule has 1 aromatic rings. The summed E-state index contributed by atoms with van der Waals surface area (Å²) in [4.78, 5) is 0. The molecule has 1 unspecified atom stereocenters. The third-order valence-corrected chi connectivity index (χ3v) is 2.55. The van der Waals surface area contributed by atoms with E-state index in [1.54, 1.807) is 0 Å². The van der Waals surface area contributed by atoms with Crippen LogP contribution < -0.4 is 0 Å². The van der Waals surface area contributed by atoms with Crippen LogP contribution in [-0.4, -0.2) is 6.61 Å². The zero-order valence-electron chi connectivity index (χ0n) is 8.30. The first-order valence-electron chi connectivity index (χ1n) is 4.90. The molecule has 0 aromatic heterocycles. The molecule has 0 spiro atoms. The van der Waals surface area contributed by atoms with Gasteiger partial charge in [0, 0.05) is 5.56 Å². The van der Waals surface area contributed by atoms with Crippen LogP contribution in [0.2, 0.25) is 0 Å². The molecule has 1 nitrogen and oxygen atoms in total. The number of halogens is 2. The average molecular weight is 210 g/mol. The summed E-state index contributed by atoms with van der Waals surface area (Å²) >= 11 is 0. The van der Waals surface area contributed by atoms with Crippen LogP contribution in [-0.2, 0) is 4.74 Å². The van der Waals surface area contributed by atoms with Crippen molar-refractivity contribution in [2.24, 2.45) is 0 Å². The molecule has 15 heavy (non-hydrogen) atoms. The van der Waals surface area contributed by atoms with Gasteiger partial charge >= 0.3 is 0 Å². The van der Waals surface area contributed by atoms with Gasteiger partial charge in [0.05, 0.1) is 12.7 Å². The van der Waals surface area contributed by atoms with Gasteiger partial charge in [-0.05, 0) is 31.0 Å². The molecule has 3 heteroatoms. The predicted molar refractivity (Wildman–Crippen MR) is 53.4 cm³/mol. The minimum atomic E-state index is -0.431. The Morgan fingerprint density at radius 1 is 1.33 bits per heavy atom. The Bertz CT molecular complexity index is 377. The maximum atomic E-state index is 13.4. The molecule has 0 bridgehead atoms. The summed E-state index contributed by atoms with van der Waals surface area (Å²) in [5.74, 6) is -0.840. The topological polar surface area (TPSA) is 9.23 Å². The molecule has 1 heterocycles. The normalized spacial score (nSPS) is 21.7. The highest BCUT2D eigenvalue weighted by Gasteiger charge is 2.21. The van der Waals surface area contributed by atoms with Gasteiger partial charge in [-0.3, -0.25) is 0 Å². The monoisotopic (exact) mass is 210 g/mol. The number of hydrogen-bond acceptors (Lipinski definition) is 1. The molecular weight excluding hydrogens is 198 g/mol. The molecule has 0 amide bonds. The van der Waals surface area contributed by atoms with Gasteiger partial charge < -0.3 is 4.74 Å². The standard InChI is InChI=1S/C12H12F2O/c1-8-2-5-12(15-7-8)10-6-9(13)3-4-11(10)14/h3-4,6,12H,1-2,5,7H2. The van der Waals surface area contributed by atoms with Crippen molar-refractivity contribution in [3.8, 4) is 0 Å². The molecule has 0 aliphatic carbocycles. The van der Waals surface area contributed by atoms with Crippen LogP contribution in [0.4, 0.5) is 8.78 Å². The van der Waals surface area contributed by atoms with Crippen molar-refractivity contribution in [3.05, 3.63) is 47.5 Å². The van der Waals surface area contributed by atoms with Gasteiger partial charge in [-0.1, -0.05) is 12.2 Å². The fourth-order valence-corrected chi connectivity index (χ4v) is 1.72. The second-order valence-corrected chi connectivity index (χ2v) is 3.75. The Balaban J connectivity index is 2.21. The Morgan fingerprint density at radius 3 is 2.80 bits per heavy atom. The lowest BCUT2D eigenvalue weighted by atomic mass is 9.99. The van der Waals surface area contributed by atoms with Gasteiger partial charge in [0.15, 0.2) is 0 Å². The zero-order chi connectivity index (χ0) is 10.8. The maximum absolute atomic E-state index is 13.4. The van der Waals surface area contributed by atoms with Gasteiger partial charge in [-0.15, -0.1) is 0 Å². The summed E-state index contributed by atoms with van der Waals surface area (Å²) in [6, 6.07) is 3.45. The second-order valence-electron chi connectivity index (χ2n) is 3.75. The SMILES string of the molecule is C=C1CCC(c2cc(F)ccc2F)OC1. The van der Waals surface area contributed by atoms with Crippen LogP contribution in [0.1, 0.15) is 24.5 Å². The van der Waals surface area contributed by atoms with Gasteiger partial charge in [-0.2, -0.15) is 0 Å². The Morgan fingerprint density at radius 2 is 2.13 bits per heavy atom. The third-order valence-electron chi connectivity index (χ3n) is 2.55. The maximum Gasteiger partial charge on any atom is 0.129 e. The average Bonchev–Trinajstić information content (AvgIpc) is 2.23. The van der Waals surface area contributed by atoms with Gasteiger partial charge in [0.2, 0.25) is 0 Å². The fraction of sp³-hybridized carbons (Fsp3) is 0.333. The number of hydrogen-bond donors (Lipinski definition) is 0. The van der Waals surface area contributed by atoms with Crippen LogP contribution >= 0.6 is 0 Å². The van der Waals surface area contributed by atoms with E-state index in [9.17, 15) is 8.78 Å². The summed E-state index contributed by atoms with van der Waals surface area (Å²) in [6.45, 7) is 4.22. The molecule has 0 N–H and O–H groups in total. The lowest BCUT2D eigenvalue weighted by Gasteiger charge is -2.24. The van der Waals surface area contributed by atoms with Crippen molar-refractivity contribution in [2.75, 3.05) is 6.61 Å². The summed E-state index contributed by atoms with van der Waals surface area (Å²) in [5, 5.41) is 0. The predicted octanol–water partition coefficient (Wildman–Crippen LogP) is 3.37. The van der Waals surface area contributed by atoms with E-state index in [2.05, 4.69) is 6.58 Å². The Kier molecular flexibility index (Phi) is 2.82. The first kappa shape index (κ1) is 10.3. The van der Waals surface area contributed by atoms with Gasteiger partial charge in [0.1, 0.15) is 11.6 Å². The van der Waals surface area contributed by atoms with E-state index >= 15 is 0 Å². The van der Waals surface area contributed by atoms with Crippen LogP contribution in [0.3, 0.4) is 0 Å². The highest BCUT2D eigenvalue weighted by molar-refractivity contribution is 5.22. The molecule has 1 aliphatic rings. The molecule has 0 saturated carbocycles. The van der Waals surface area contributed by atoms with Crippen LogP contribution in [0.5, 0.6) is 0 Å². The third kappa shape index (κ3) is 2.23. The first-order valence-corrected chi connectivity index (χ1v) is 4.90. The number of benzene rings is 1. The molecule has 1 saturated heterocycles. The Labute approximate surface area is 87.4 Å². The lowest BCUT2D eigenvalue weighted by molar-refractivity contribution is 0.0393. The van der Waals surface area contributed by atoms with Crippen molar-refractivity contribution in [3.63, 3.8) is 0 Å². The summed E-state index contributed by atoms with van der Waals surface area (Å²) in [5.41, 5.74) is 1.31. The quantitative estimate of drug-likeness (QED) is 0.646. The number of rotatable bonds is 1. The largest absolute Gasteiger partial charge is 0.369 e. The van der Waals surface area contributed by atoms with Crippen molar-refractivity contribution in [1.82, 2.24) is 0 Å². The molecule has 1 aliphatic heterocycles. The van der Waals surface area contributed by atoms with E-state index in [1.165, 1.54) is 6.07 Å². The molecule has 1 fully saturated rings. The van der Waals surface area contributed by atoms with Crippen molar-refractivity contribution < 1.29 is 13.5 Å². The zero-order valence-corrected chi connectivity index (χ0v) is 8.30. The van der Waals surface area contributed by atoms with Crippen molar-refractivity contribution in [2.45, 2.75) is 18.9 Å².